The second-order valence-corrected chi connectivity index (χ2v) is 8.79. The van der Waals surface area contributed by atoms with Gasteiger partial charge in [0.15, 0.2) is 0 Å². The summed E-state index contributed by atoms with van der Waals surface area (Å²) in [5.41, 5.74) is 1.81. The molecule has 2 unspecified atom stereocenters. The van der Waals surface area contributed by atoms with Crippen molar-refractivity contribution in [2.24, 2.45) is 0 Å². The lowest BCUT2D eigenvalue weighted by atomic mass is 10.0. The Labute approximate surface area is 165 Å². The average Bonchev–Trinajstić information content (AvgIpc) is 2.69. The van der Waals surface area contributed by atoms with Gasteiger partial charge in [0.25, 0.3) is 0 Å². The molecule has 2 aliphatic rings. The molecule has 0 spiro atoms. The third kappa shape index (κ3) is 4.48. The van der Waals surface area contributed by atoms with Crippen LogP contribution >= 0.6 is 11.8 Å². The lowest BCUT2D eigenvalue weighted by molar-refractivity contribution is 0.159. The topological polar surface area (TPSA) is 26.7 Å². The Morgan fingerprint density at radius 2 is 1.74 bits per heavy atom. The Morgan fingerprint density at radius 1 is 1.00 bits per heavy atom. The smallest absolute Gasteiger partial charge is 0.146 e. The maximum Gasteiger partial charge on any atom is 0.146 e. The first-order chi connectivity index (χ1) is 13.2. The van der Waals surface area contributed by atoms with Gasteiger partial charge in [-0.25, -0.2) is 4.39 Å². The molecular formula is C22H27FN2OS. The van der Waals surface area contributed by atoms with Gasteiger partial charge >= 0.3 is 0 Å². The van der Waals surface area contributed by atoms with E-state index in [-0.39, 0.29) is 11.9 Å². The van der Waals surface area contributed by atoms with Gasteiger partial charge in [0.2, 0.25) is 0 Å². The van der Waals surface area contributed by atoms with Crippen LogP contribution in [0.5, 0.6) is 0 Å². The SMILES string of the molecule is OC1CC(CCCN2CCN(c3ccccc3F)CC2)Sc2ccccc21. The molecule has 1 saturated heterocycles. The zero-order valence-corrected chi connectivity index (χ0v) is 16.4. The maximum absolute atomic E-state index is 13.9. The highest BCUT2D eigenvalue weighted by atomic mass is 32.2. The fraction of sp³-hybridized carbons (Fsp3) is 0.455. The summed E-state index contributed by atoms with van der Waals surface area (Å²) in [6, 6.07) is 15.3. The highest BCUT2D eigenvalue weighted by Crippen LogP contribution is 2.42. The van der Waals surface area contributed by atoms with Gasteiger partial charge in [-0.1, -0.05) is 30.3 Å². The highest BCUT2D eigenvalue weighted by Gasteiger charge is 2.26. The number of thioether (sulfide) groups is 1. The van der Waals surface area contributed by atoms with Crippen molar-refractivity contribution in [1.29, 1.82) is 0 Å². The Bertz CT molecular complexity index is 763. The lowest BCUT2D eigenvalue weighted by Gasteiger charge is -2.36. The van der Waals surface area contributed by atoms with Crippen LogP contribution in [0.1, 0.15) is 30.9 Å². The molecule has 2 atom stereocenters. The number of hydrogen-bond donors (Lipinski definition) is 1. The van der Waals surface area contributed by atoms with Crippen LogP contribution in [0.2, 0.25) is 0 Å². The van der Waals surface area contributed by atoms with Gasteiger partial charge < -0.3 is 10.0 Å². The standard InChI is InChI=1S/C22H27FN2OS/c23-19-8-2-3-9-20(19)25-14-12-24(13-15-25)11-5-6-17-16-21(26)18-7-1-4-10-22(18)27-17/h1-4,7-10,17,21,26H,5-6,11-16H2. The monoisotopic (exact) mass is 386 g/mol. The minimum Gasteiger partial charge on any atom is -0.388 e. The van der Waals surface area contributed by atoms with Crippen molar-refractivity contribution in [2.45, 2.75) is 35.5 Å². The maximum atomic E-state index is 13.9. The van der Waals surface area contributed by atoms with Gasteiger partial charge in [-0.2, -0.15) is 0 Å². The fourth-order valence-corrected chi connectivity index (χ4v) is 5.53. The van der Waals surface area contributed by atoms with Crippen molar-refractivity contribution in [3.8, 4) is 0 Å². The molecule has 1 fully saturated rings. The number of nitrogens with zero attached hydrogens (tertiary/aromatic N) is 2. The molecule has 0 aromatic heterocycles. The van der Waals surface area contributed by atoms with Crippen LogP contribution in [0, 0.1) is 5.82 Å². The van der Waals surface area contributed by atoms with E-state index in [0.717, 1.165) is 63.2 Å². The van der Waals surface area contributed by atoms with Crippen LogP contribution in [-0.2, 0) is 0 Å². The van der Waals surface area contributed by atoms with E-state index >= 15 is 0 Å². The van der Waals surface area contributed by atoms with Gasteiger partial charge in [-0.3, -0.25) is 4.90 Å². The molecule has 2 heterocycles. The summed E-state index contributed by atoms with van der Waals surface area (Å²) >= 11 is 1.92. The third-order valence-electron chi connectivity index (χ3n) is 5.62. The predicted molar refractivity (Wildman–Crippen MR) is 110 cm³/mol. The van der Waals surface area contributed by atoms with Crippen molar-refractivity contribution in [3.05, 3.63) is 59.9 Å². The largest absolute Gasteiger partial charge is 0.388 e. The Kier molecular flexibility index (Phi) is 6.01. The van der Waals surface area contributed by atoms with Crippen LogP contribution in [0.25, 0.3) is 0 Å². The number of anilines is 1. The number of para-hydroxylation sites is 1. The molecule has 0 saturated carbocycles. The minimum absolute atomic E-state index is 0.126. The van der Waals surface area contributed by atoms with E-state index in [9.17, 15) is 9.50 Å². The van der Waals surface area contributed by atoms with Crippen molar-refractivity contribution in [2.75, 3.05) is 37.6 Å². The summed E-state index contributed by atoms with van der Waals surface area (Å²) in [6.07, 6.45) is 2.80. The summed E-state index contributed by atoms with van der Waals surface area (Å²) in [5, 5.41) is 10.9. The first-order valence-corrected chi connectivity index (χ1v) is 10.7. The predicted octanol–water partition coefficient (Wildman–Crippen LogP) is 4.33. The molecule has 0 amide bonds. The molecule has 144 valence electrons. The molecule has 2 aliphatic heterocycles. The van der Waals surface area contributed by atoms with Crippen LogP contribution in [0.4, 0.5) is 10.1 Å². The van der Waals surface area contributed by atoms with Crippen molar-refractivity contribution in [3.63, 3.8) is 0 Å². The summed E-state index contributed by atoms with van der Waals surface area (Å²) in [4.78, 5) is 5.87. The molecular weight excluding hydrogens is 359 g/mol. The van der Waals surface area contributed by atoms with E-state index in [1.165, 1.54) is 11.0 Å². The molecule has 27 heavy (non-hydrogen) atoms. The van der Waals surface area contributed by atoms with Crippen molar-refractivity contribution in [1.82, 2.24) is 4.90 Å². The minimum atomic E-state index is -0.322. The molecule has 0 bridgehead atoms. The Hall–Kier alpha value is -1.56. The molecule has 4 rings (SSSR count). The summed E-state index contributed by atoms with van der Waals surface area (Å²) in [5.74, 6) is -0.126. The number of halogens is 1. The molecule has 1 N–H and O–H groups in total. The Morgan fingerprint density at radius 3 is 2.56 bits per heavy atom. The van der Waals surface area contributed by atoms with Crippen molar-refractivity contribution >= 4 is 17.4 Å². The van der Waals surface area contributed by atoms with E-state index in [1.807, 2.05) is 36.0 Å². The van der Waals surface area contributed by atoms with E-state index in [1.54, 1.807) is 6.07 Å². The number of piperazine rings is 1. The van der Waals surface area contributed by atoms with E-state index < -0.39 is 0 Å². The summed E-state index contributed by atoms with van der Waals surface area (Å²) in [7, 11) is 0. The van der Waals surface area contributed by atoms with Gasteiger partial charge in [-0.15, -0.1) is 11.8 Å². The second kappa shape index (κ2) is 8.63. The van der Waals surface area contributed by atoms with Gasteiger partial charge in [-0.05, 0) is 49.6 Å². The van der Waals surface area contributed by atoms with Gasteiger partial charge in [0.05, 0.1) is 11.8 Å². The normalized spacial score (nSPS) is 23.3. The first kappa shape index (κ1) is 18.8. The first-order valence-electron chi connectivity index (χ1n) is 9.86. The van der Waals surface area contributed by atoms with E-state index in [2.05, 4.69) is 21.9 Å². The molecule has 5 heteroatoms. The second-order valence-electron chi connectivity index (χ2n) is 7.45. The number of aliphatic hydroxyl groups excluding tert-OH is 1. The fourth-order valence-electron chi connectivity index (χ4n) is 4.11. The molecule has 2 aromatic carbocycles. The molecule has 3 nitrogen and oxygen atoms in total. The van der Waals surface area contributed by atoms with E-state index in [0.29, 0.717) is 5.25 Å². The lowest BCUT2D eigenvalue weighted by Crippen LogP contribution is -2.47. The number of aliphatic hydroxyl groups is 1. The quantitative estimate of drug-likeness (QED) is 0.828. The third-order valence-corrected chi connectivity index (χ3v) is 7.01. The number of hydrogen-bond acceptors (Lipinski definition) is 4. The van der Waals surface area contributed by atoms with Gasteiger partial charge in [0, 0.05) is 36.3 Å². The van der Waals surface area contributed by atoms with Crippen LogP contribution in [0.3, 0.4) is 0 Å². The van der Waals surface area contributed by atoms with Crippen LogP contribution in [0.15, 0.2) is 53.4 Å². The van der Waals surface area contributed by atoms with Gasteiger partial charge in [0.1, 0.15) is 5.82 Å². The zero-order chi connectivity index (χ0) is 18.6. The van der Waals surface area contributed by atoms with Crippen molar-refractivity contribution < 1.29 is 9.50 Å². The average molecular weight is 387 g/mol. The number of fused-ring (bicyclic) bond motifs is 1. The summed E-state index contributed by atoms with van der Waals surface area (Å²) in [6.45, 7) is 4.81. The van der Waals surface area contributed by atoms with Crippen LogP contribution in [-0.4, -0.2) is 48.0 Å². The molecule has 0 radical (unpaired) electrons. The van der Waals surface area contributed by atoms with E-state index in [4.69, 9.17) is 0 Å². The zero-order valence-electron chi connectivity index (χ0n) is 15.6. The summed E-state index contributed by atoms with van der Waals surface area (Å²) < 4.78 is 13.9. The number of rotatable bonds is 5. The van der Waals surface area contributed by atoms with Crippen LogP contribution < -0.4 is 4.90 Å². The molecule has 2 aromatic rings. The number of benzene rings is 2. The molecule has 0 aliphatic carbocycles. The Balaban J connectivity index is 1.22. The highest BCUT2D eigenvalue weighted by molar-refractivity contribution is 8.00.